The third kappa shape index (κ3) is 51.4. The normalized spacial score (nSPS) is 13.8. The number of carbonyl (C=O) groups excluding carboxylic acids is 3. The number of ether oxygens (including phenoxy) is 4. The van der Waals surface area contributed by atoms with Gasteiger partial charge >= 0.3 is 11.9 Å². The Kier molecular flexibility index (Phi) is 47.0. The highest BCUT2D eigenvalue weighted by Gasteiger charge is 2.21. The molecule has 0 saturated heterocycles. The summed E-state index contributed by atoms with van der Waals surface area (Å²) in [7, 11) is 5.89. The lowest BCUT2D eigenvalue weighted by molar-refractivity contribution is -0.870. The predicted molar refractivity (Wildman–Crippen MR) is 287 cm³/mol. The number of allylic oxidation sites excluding steroid dienone is 20. The fourth-order valence-corrected chi connectivity index (χ4v) is 6.65. The van der Waals surface area contributed by atoms with Gasteiger partial charge < -0.3 is 33.3 Å². The maximum absolute atomic E-state index is 12.8. The zero-order valence-corrected chi connectivity index (χ0v) is 44.1. The van der Waals surface area contributed by atoms with Crippen LogP contribution >= 0.6 is 0 Å². The fraction of sp³-hybridized carbons (Fsp3) is 0.617. The van der Waals surface area contributed by atoms with E-state index in [-0.39, 0.29) is 38.6 Å². The first-order chi connectivity index (χ1) is 33.6. The average molecular weight is 960 g/mol. The largest absolute Gasteiger partial charge is 0.545 e. The van der Waals surface area contributed by atoms with E-state index in [2.05, 4.69) is 135 Å². The van der Waals surface area contributed by atoms with Gasteiger partial charge in [0.05, 0.1) is 40.3 Å². The molecule has 0 heterocycles. The molecule has 0 rings (SSSR count). The SMILES string of the molecule is CC/C=C\C/C=C\C/C=C\C/C=C\C/C=C\C/C=C\CCCCCCCCCCC(=O)OC(COC(=O)CCCCCC/C=C\C/C=C\C/C=C\C/C=C\CC)COC(OCC[N+](C)(C)C)C(=O)[O-]. The van der Waals surface area contributed by atoms with Crippen LogP contribution in [-0.4, -0.2) is 82.3 Å². The van der Waals surface area contributed by atoms with E-state index >= 15 is 0 Å². The van der Waals surface area contributed by atoms with E-state index in [9.17, 15) is 19.5 Å². The highest BCUT2D eigenvalue weighted by molar-refractivity contribution is 5.70. The molecule has 0 bridgehead atoms. The summed E-state index contributed by atoms with van der Waals surface area (Å²) < 4.78 is 22.6. The van der Waals surface area contributed by atoms with Crippen LogP contribution in [0.5, 0.6) is 0 Å². The second kappa shape index (κ2) is 50.1. The smallest absolute Gasteiger partial charge is 0.306 e. The number of carbonyl (C=O) groups is 3. The van der Waals surface area contributed by atoms with Crippen LogP contribution < -0.4 is 5.11 Å². The molecular weight excluding hydrogens is 863 g/mol. The van der Waals surface area contributed by atoms with E-state index < -0.39 is 24.3 Å². The third-order valence-corrected chi connectivity index (χ3v) is 10.7. The Morgan fingerprint density at radius 2 is 0.783 bits per heavy atom. The third-order valence-electron chi connectivity index (χ3n) is 10.7. The number of unbranched alkanes of at least 4 members (excludes halogenated alkanes) is 12. The lowest BCUT2D eigenvalue weighted by Gasteiger charge is -2.26. The maximum Gasteiger partial charge on any atom is 0.306 e. The van der Waals surface area contributed by atoms with Gasteiger partial charge in [-0.2, -0.15) is 0 Å². The number of quaternary nitrogens is 1. The Morgan fingerprint density at radius 1 is 0.435 bits per heavy atom. The summed E-state index contributed by atoms with van der Waals surface area (Å²) in [6, 6.07) is 0. The molecule has 69 heavy (non-hydrogen) atoms. The van der Waals surface area contributed by atoms with Gasteiger partial charge in [0, 0.05) is 12.8 Å². The summed E-state index contributed by atoms with van der Waals surface area (Å²) in [6.07, 6.45) is 66.6. The molecule has 0 aliphatic heterocycles. The van der Waals surface area contributed by atoms with Gasteiger partial charge in [-0.1, -0.05) is 187 Å². The van der Waals surface area contributed by atoms with Gasteiger partial charge in [-0.15, -0.1) is 0 Å². The summed E-state index contributed by atoms with van der Waals surface area (Å²) in [5, 5.41) is 11.7. The maximum atomic E-state index is 12.8. The van der Waals surface area contributed by atoms with Crippen molar-refractivity contribution in [1.82, 2.24) is 0 Å². The van der Waals surface area contributed by atoms with E-state index in [4.69, 9.17) is 18.9 Å². The number of aliphatic carboxylic acids is 1. The summed E-state index contributed by atoms with van der Waals surface area (Å²) in [6.45, 7) is 4.45. The molecule has 0 aromatic carbocycles. The number of carboxylic acids is 1. The molecule has 0 amide bonds. The zero-order valence-electron chi connectivity index (χ0n) is 44.1. The Hall–Kier alpha value is -4.31. The number of esters is 2. The van der Waals surface area contributed by atoms with Crippen LogP contribution in [0.2, 0.25) is 0 Å². The molecule has 2 atom stereocenters. The van der Waals surface area contributed by atoms with Gasteiger partial charge in [0.1, 0.15) is 13.2 Å². The monoisotopic (exact) mass is 960 g/mol. The first kappa shape index (κ1) is 64.7. The summed E-state index contributed by atoms with van der Waals surface area (Å²) in [4.78, 5) is 37.2. The Bertz CT molecular complexity index is 1540. The van der Waals surface area contributed by atoms with Gasteiger partial charge in [0.15, 0.2) is 12.4 Å². The summed E-state index contributed by atoms with van der Waals surface area (Å²) in [5.74, 6) is -2.34. The molecule has 0 fully saturated rings. The van der Waals surface area contributed by atoms with E-state index in [1.54, 1.807) is 0 Å². The summed E-state index contributed by atoms with van der Waals surface area (Å²) in [5.41, 5.74) is 0. The van der Waals surface area contributed by atoms with Crippen molar-refractivity contribution in [1.29, 1.82) is 0 Å². The van der Waals surface area contributed by atoms with Gasteiger partial charge in [0.2, 0.25) is 0 Å². The van der Waals surface area contributed by atoms with Crippen LogP contribution in [0.25, 0.3) is 0 Å². The molecule has 2 unspecified atom stereocenters. The molecule has 9 nitrogen and oxygen atoms in total. The Labute approximate surface area is 421 Å². The average Bonchev–Trinajstić information content (AvgIpc) is 3.31. The standard InChI is InChI=1S/C60H97NO8/c1-6-8-10-12-14-16-18-20-22-24-25-26-27-28-29-30-31-32-33-35-37-39-41-43-45-47-49-51-58(63)69-56(55-68-60(59(64)65)66-53-52-61(3,4)5)54-67-57(62)50-48-46-44-42-40-38-36-34-23-21-19-17-15-13-11-9-7-2/h8-11,14-17,20-23,25-26,28-29,31-32,36,38,56,60H,6-7,12-13,18-19,24,27,30,33-35,37,39-55H2,1-5H3/b10-8-,11-9-,16-14-,17-15-,22-20-,23-21-,26-25-,29-28-,32-31-,38-36-. The van der Waals surface area contributed by atoms with E-state index in [0.29, 0.717) is 23.9 Å². The lowest BCUT2D eigenvalue weighted by atomic mass is 10.1. The zero-order chi connectivity index (χ0) is 50.6. The minimum absolute atomic E-state index is 0.134. The number of hydrogen-bond acceptors (Lipinski definition) is 8. The van der Waals surface area contributed by atoms with Crippen LogP contribution in [0.15, 0.2) is 122 Å². The van der Waals surface area contributed by atoms with Crippen LogP contribution in [0.4, 0.5) is 0 Å². The number of nitrogens with zero attached hydrogens (tertiary/aromatic N) is 1. The second-order valence-corrected chi connectivity index (χ2v) is 18.4. The van der Waals surface area contributed by atoms with E-state index in [1.165, 1.54) is 25.7 Å². The molecule has 9 heteroatoms. The van der Waals surface area contributed by atoms with Gasteiger partial charge in [0.25, 0.3) is 0 Å². The Morgan fingerprint density at radius 3 is 1.16 bits per heavy atom. The van der Waals surface area contributed by atoms with Gasteiger partial charge in [-0.3, -0.25) is 9.59 Å². The minimum atomic E-state index is -1.64. The summed E-state index contributed by atoms with van der Waals surface area (Å²) >= 11 is 0. The van der Waals surface area contributed by atoms with Crippen molar-refractivity contribution in [2.45, 2.75) is 193 Å². The van der Waals surface area contributed by atoms with Crippen LogP contribution in [0.3, 0.4) is 0 Å². The molecule has 0 aromatic rings. The van der Waals surface area contributed by atoms with Crippen molar-refractivity contribution in [3.8, 4) is 0 Å². The number of hydrogen-bond donors (Lipinski definition) is 0. The second-order valence-electron chi connectivity index (χ2n) is 18.4. The van der Waals surface area contributed by atoms with Crippen molar-refractivity contribution in [2.75, 3.05) is 47.5 Å². The molecule has 390 valence electrons. The quantitative estimate of drug-likeness (QED) is 0.0195. The molecule has 0 aliphatic rings. The highest BCUT2D eigenvalue weighted by Crippen LogP contribution is 2.13. The molecular formula is C60H97NO8. The topological polar surface area (TPSA) is 111 Å². The van der Waals surface area contributed by atoms with Gasteiger partial charge in [-0.05, 0) is 103 Å². The van der Waals surface area contributed by atoms with E-state index in [0.717, 1.165) is 116 Å². The molecule has 0 N–H and O–H groups in total. The molecule has 0 spiro atoms. The van der Waals surface area contributed by atoms with Crippen molar-refractivity contribution in [3.63, 3.8) is 0 Å². The van der Waals surface area contributed by atoms with Crippen molar-refractivity contribution < 1.29 is 42.9 Å². The lowest BCUT2D eigenvalue weighted by Crippen LogP contribution is -2.44. The number of carboxylic acid groups (broad SMARTS) is 1. The molecule has 0 aromatic heterocycles. The molecule has 0 saturated carbocycles. The van der Waals surface area contributed by atoms with Crippen LogP contribution in [0, 0.1) is 0 Å². The fourth-order valence-electron chi connectivity index (χ4n) is 6.65. The van der Waals surface area contributed by atoms with Crippen molar-refractivity contribution in [3.05, 3.63) is 122 Å². The van der Waals surface area contributed by atoms with Gasteiger partial charge in [-0.25, -0.2) is 0 Å². The molecule has 0 aliphatic carbocycles. The number of likely N-dealkylation sites (N-methyl/N-ethyl adjacent to an activating group) is 1. The minimum Gasteiger partial charge on any atom is -0.545 e. The predicted octanol–water partition coefficient (Wildman–Crippen LogP) is 14.0. The van der Waals surface area contributed by atoms with Crippen molar-refractivity contribution >= 4 is 17.9 Å². The van der Waals surface area contributed by atoms with E-state index in [1.807, 2.05) is 21.1 Å². The van der Waals surface area contributed by atoms with Crippen LogP contribution in [-0.2, 0) is 33.3 Å². The number of rotatable bonds is 47. The highest BCUT2D eigenvalue weighted by atomic mass is 16.7. The molecule has 0 radical (unpaired) electrons. The van der Waals surface area contributed by atoms with Crippen LogP contribution in [0.1, 0.15) is 181 Å². The first-order valence-corrected chi connectivity index (χ1v) is 26.7. The van der Waals surface area contributed by atoms with Crippen molar-refractivity contribution in [2.24, 2.45) is 0 Å². The first-order valence-electron chi connectivity index (χ1n) is 26.7. The Balaban J connectivity index is 4.37.